The molecular weight excluding hydrogens is 329 g/mol. The van der Waals surface area contributed by atoms with Crippen LogP contribution in [0.3, 0.4) is 0 Å². The number of aryl methyl sites for hydroxylation is 2. The highest BCUT2D eigenvalue weighted by Crippen LogP contribution is 2.28. The van der Waals surface area contributed by atoms with E-state index in [-0.39, 0.29) is 6.42 Å². The van der Waals surface area contributed by atoms with Gasteiger partial charge in [-0.2, -0.15) is 0 Å². The number of rotatable bonds is 7. The van der Waals surface area contributed by atoms with E-state index in [1.165, 1.54) is 16.9 Å². The standard InChI is InChI=1S/C15H15Cl2NO2S/c16-14-12(18-15(17)21-14)4-2-1-3-10-5-7-11(8-6-10)9-13(19)20/h5-8H,1-4,9H2,(H,19,20). The Labute approximate surface area is 137 Å². The van der Waals surface area contributed by atoms with Gasteiger partial charge in [0.15, 0.2) is 4.47 Å². The zero-order chi connectivity index (χ0) is 15.2. The van der Waals surface area contributed by atoms with Crippen molar-refractivity contribution in [3.63, 3.8) is 0 Å². The van der Waals surface area contributed by atoms with E-state index < -0.39 is 5.97 Å². The lowest BCUT2D eigenvalue weighted by molar-refractivity contribution is -0.136. The molecule has 0 bridgehead atoms. The van der Waals surface area contributed by atoms with E-state index in [9.17, 15) is 4.79 Å². The lowest BCUT2D eigenvalue weighted by Gasteiger charge is -2.03. The van der Waals surface area contributed by atoms with Crippen LogP contribution in [0.5, 0.6) is 0 Å². The highest BCUT2D eigenvalue weighted by Gasteiger charge is 2.07. The van der Waals surface area contributed by atoms with Crippen molar-refractivity contribution in [3.05, 3.63) is 49.9 Å². The number of halogens is 2. The van der Waals surface area contributed by atoms with Crippen LogP contribution in [-0.4, -0.2) is 16.1 Å². The van der Waals surface area contributed by atoms with Gasteiger partial charge in [0.1, 0.15) is 4.34 Å². The van der Waals surface area contributed by atoms with Crippen LogP contribution in [0.4, 0.5) is 0 Å². The molecule has 1 N–H and O–H groups in total. The number of nitrogens with zero attached hydrogens (tertiary/aromatic N) is 1. The van der Waals surface area contributed by atoms with Crippen LogP contribution in [0.15, 0.2) is 24.3 Å². The van der Waals surface area contributed by atoms with Crippen LogP contribution in [0.1, 0.15) is 29.7 Å². The molecule has 0 aliphatic heterocycles. The molecule has 0 fully saturated rings. The molecule has 3 nitrogen and oxygen atoms in total. The third-order valence-electron chi connectivity index (χ3n) is 3.13. The maximum absolute atomic E-state index is 10.6. The van der Waals surface area contributed by atoms with E-state index >= 15 is 0 Å². The summed E-state index contributed by atoms with van der Waals surface area (Å²) in [5, 5.41) is 8.72. The molecule has 1 aromatic carbocycles. The first-order valence-electron chi connectivity index (χ1n) is 6.65. The monoisotopic (exact) mass is 343 g/mol. The Morgan fingerprint density at radius 1 is 1.10 bits per heavy atom. The molecule has 0 saturated carbocycles. The number of carbonyl (C=O) groups is 1. The van der Waals surface area contributed by atoms with Gasteiger partial charge in [-0.3, -0.25) is 4.79 Å². The number of aromatic nitrogens is 1. The number of benzene rings is 1. The number of thiazole rings is 1. The van der Waals surface area contributed by atoms with Crippen LogP contribution in [-0.2, 0) is 24.1 Å². The number of carboxylic acid groups (broad SMARTS) is 1. The first kappa shape index (κ1) is 16.3. The van der Waals surface area contributed by atoms with Crippen LogP contribution in [0, 0.1) is 0 Å². The van der Waals surface area contributed by atoms with E-state index in [1.807, 2.05) is 24.3 Å². The Morgan fingerprint density at radius 2 is 1.71 bits per heavy atom. The Hall–Kier alpha value is -1.10. The first-order valence-corrected chi connectivity index (χ1v) is 8.22. The zero-order valence-electron chi connectivity index (χ0n) is 11.3. The summed E-state index contributed by atoms with van der Waals surface area (Å²) >= 11 is 13.1. The van der Waals surface area contributed by atoms with E-state index in [0.29, 0.717) is 8.80 Å². The van der Waals surface area contributed by atoms with E-state index in [0.717, 1.165) is 36.9 Å². The first-order chi connectivity index (χ1) is 10.0. The van der Waals surface area contributed by atoms with Crippen LogP contribution in [0.25, 0.3) is 0 Å². The van der Waals surface area contributed by atoms with Gasteiger partial charge in [0, 0.05) is 0 Å². The summed E-state index contributed by atoms with van der Waals surface area (Å²) in [4.78, 5) is 14.8. The van der Waals surface area contributed by atoms with Crippen molar-refractivity contribution < 1.29 is 9.90 Å². The maximum Gasteiger partial charge on any atom is 0.307 e. The summed E-state index contributed by atoms with van der Waals surface area (Å²) < 4.78 is 1.17. The fourth-order valence-electron chi connectivity index (χ4n) is 2.08. The molecule has 0 spiro atoms. The largest absolute Gasteiger partial charge is 0.481 e. The maximum atomic E-state index is 10.6. The SMILES string of the molecule is O=C(O)Cc1ccc(CCCCc2nc(Cl)sc2Cl)cc1. The van der Waals surface area contributed by atoms with Gasteiger partial charge in [-0.05, 0) is 36.8 Å². The van der Waals surface area contributed by atoms with Crippen LogP contribution >= 0.6 is 34.5 Å². The minimum absolute atomic E-state index is 0.0728. The molecule has 0 unspecified atom stereocenters. The highest BCUT2D eigenvalue weighted by atomic mass is 35.5. The molecule has 1 aromatic heterocycles. The topological polar surface area (TPSA) is 50.2 Å². The minimum atomic E-state index is -0.804. The van der Waals surface area contributed by atoms with Crippen molar-refractivity contribution in [2.45, 2.75) is 32.1 Å². The molecule has 0 saturated heterocycles. The van der Waals surface area contributed by atoms with Gasteiger partial charge >= 0.3 is 5.97 Å². The average molecular weight is 344 g/mol. The van der Waals surface area contributed by atoms with Crippen LogP contribution in [0.2, 0.25) is 8.80 Å². The molecule has 2 aromatic rings. The second-order valence-electron chi connectivity index (χ2n) is 4.78. The number of carboxylic acids is 1. The predicted molar refractivity (Wildman–Crippen MR) is 86.6 cm³/mol. The lowest BCUT2D eigenvalue weighted by atomic mass is 10.0. The van der Waals surface area contributed by atoms with Crippen molar-refractivity contribution >= 4 is 40.5 Å². The van der Waals surface area contributed by atoms with Crippen molar-refractivity contribution in [2.75, 3.05) is 0 Å². The predicted octanol–water partition coefficient (Wildman–Crippen LogP) is 4.64. The Balaban J connectivity index is 1.76. The second kappa shape index (κ2) is 7.78. The fraction of sp³-hybridized carbons (Fsp3) is 0.333. The van der Waals surface area contributed by atoms with Gasteiger partial charge in [0.05, 0.1) is 12.1 Å². The summed E-state index contributed by atoms with van der Waals surface area (Å²) in [6.07, 6.45) is 3.89. The molecule has 0 aliphatic carbocycles. The molecule has 2 rings (SSSR count). The summed E-state index contributed by atoms with van der Waals surface area (Å²) in [6, 6.07) is 7.73. The quantitative estimate of drug-likeness (QED) is 0.744. The lowest BCUT2D eigenvalue weighted by Crippen LogP contribution is -1.99. The molecule has 6 heteroatoms. The van der Waals surface area contributed by atoms with Crippen LogP contribution < -0.4 is 0 Å². The van der Waals surface area contributed by atoms with E-state index in [2.05, 4.69) is 4.98 Å². The number of aliphatic carboxylic acids is 1. The smallest absolute Gasteiger partial charge is 0.307 e. The van der Waals surface area contributed by atoms with Gasteiger partial charge in [-0.15, -0.1) is 0 Å². The van der Waals surface area contributed by atoms with Crippen molar-refractivity contribution in [3.8, 4) is 0 Å². The summed E-state index contributed by atoms with van der Waals surface area (Å²) in [6.45, 7) is 0. The number of hydrogen-bond donors (Lipinski definition) is 1. The molecule has 0 atom stereocenters. The summed E-state index contributed by atoms with van der Waals surface area (Å²) in [5.41, 5.74) is 2.92. The van der Waals surface area contributed by atoms with Gasteiger partial charge in [0.2, 0.25) is 0 Å². The molecule has 0 amide bonds. The second-order valence-corrected chi connectivity index (χ2v) is 6.96. The number of hydrogen-bond acceptors (Lipinski definition) is 3. The van der Waals surface area contributed by atoms with E-state index in [1.54, 1.807) is 0 Å². The molecule has 21 heavy (non-hydrogen) atoms. The number of unbranched alkanes of at least 4 members (excludes halogenated alkanes) is 1. The van der Waals surface area contributed by atoms with Gasteiger partial charge < -0.3 is 5.11 Å². The zero-order valence-corrected chi connectivity index (χ0v) is 13.6. The minimum Gasteiger partial charge on any atom is -0.481 e. The molecule has 0 radical (unpaired) electrons. The molecule has 1 heterocycles. The normalized spacial score (nSPS) is 10.8. The van der Waals surface area contributed by atoms with Crippen molar-refractivity contribution in [1.82, 2.24) is 4.98 Å². The van der Waals surface area contributed by atoms with Crippen molar-refractivity contribution in [1.29, 1.82) is 0 Å². The third kappa shape index (κ3) is 5.30. The van der Waals surface area contributed by atoms with E-state index in [4.69, 9.17) is 28.3 Å². The molecular formula is C15H15Cl2NO2S. The third-order valence-corrected chi connectivity index (χ3v) is 4.57. The highest BCUT2D eigenvalue weighted by molar-refractivity contribution is 7.19. The van der Waals surface area contributed by atoms with Crippen molar-refractivity contribution in [2.24, 2.45) is 0 Å². The Morgan fingerprint density at radius 3 is 2.29 bits per heavy atom. The van der Waals surface area contributed by atoms with Gasteiger partial charge in [0.25, 0.3) is 0 Å². The Kier molecular flexibility index (Phi) is 6.03. The molecule has 112 valence electrons. The summed E-state index contributed by atoms with van der Waals surface area (Å²) in [7, 11) is 0. The average Bonchev–Trinajstić information content (AvgIpc) is 2.74. The van der Waals surface area contributed by atoms with Gasteiger partial charge in [-0.1, -0.05) is 58.8 Å². The van der Waals surface area contributed by atoms with Gasteiger partial charge in [-0.25, -0.2) is 4.98 Å². The Bertz CT molecular complexity index is 611. The molecule has 0 aliphatic rings. The fourth-order valence-corrected chi connectivity index (χ4v) is 3.46. The summed E-state index contributed by atoms with van der Waals surface area (Å²) in [5.74, 6) is -0.804.